The molecule has 2 saturated heterocycles. The zero-order valence-electron chi connectivity index (χ0n) is 12.5. The van der Waals surface area contributed by atoms with Crippen molar-refractivity contribution in [1.82, 2.24) is 24.9 Å². The predicted octanol–water partition coefficient (Wildman–Crippen LogP) is -0.233. The molecule has 2 fully saturated rings. The Morgan fingerprint density at radius 2 is 1.85 bits per heavy atom. The van der Waals surface area contributed by atoms with Crippen LogP contribution in [0.25, 0.3) is 0 Å². The van der Waals surface area contributed by atoms with Gasteiger partial charge in [-0.25, -0.2) is 0 Å². The van der Waals surface area contributed by atoms with Crippen LogP contribution in [0, 0.1) is 13.8 Å². The molecular formula is C14H23N5O. The van der Waals surface area contributed by atoms with Crippen molar-refractivity contribution >= 4 is 5.91 Å². The van der Waals surface area contributed by atoms with Crippen molar-refractivity contribution in [2.75, 3.05) is 39.3 Å². The van der Waals surface area contributed by atoms with Crippen LogP contribution in [0.5, 0.6) is 0 Å². The summed E-state index contributed by atoms with van der Waals surface area (Å²) in [6.45, 7) is 9.67. The second-order valence-electron chi connectivity index (χ2n) is 5.81. The van der Waals surface area contributed by atoms with E-state index in [-0.39, 0.29) is 5.91 Å². The molecule has 1 aromatic heterocycles. The summed E-state index contributed by atoms with van der Waals surface area (Å²) < 4.78 is 1.79. The summed E-state index contributed by atoms with van der Waals surface area (Å²) in [7, 11) is 1.89. The van der Waals surface area contributed by atoms with Crippen LogP contribution in [0.2, 0.25) is 0 Å². The monoisotopic (exact) mass is 277 g/mol. The molecule has 6 nitrogen and oxygen atoms in total. The molecule has 3 rings (SSSR count). The average Bonchev–Trinajstić information content (AvgIpc) is 2.61. The molecule has 6 heteroatoms. The third-order valence-corrected chi connectivity index (χ3v) is 4.60. The number of nitrogens with zero attached hydrogens (tertiary/aromatic N) is 4. The molecule has 2 aliphatic rings. The van der Waals surface area contributed by atoms with Crippen molar-refractivity contribution in [2.24, 2.45) is 7.05 Å². The molecule has 110 valence electrons. The quantitative estimate of drug-likeness (QED) is 0.811. The Kier molecular flexibility index (Phi) is 3.52. The number of hydrogen-bond acceptors (Lipinski definition) is 4. The van der Waals surface area contributed by atoms with E-state index in [4.69, 9.17) is 0 Å². The van der Waals surface area contributed by atoms with Gasteiger partial charge in [-0.15, -0.1) is 0 Å². The average molecular weight is 277 g/mol. The van der Waals surface area contributed by atoms with E-state index in [1.807, 2.05) is 25.8 Å². The Hall–Kier alpha value is -1.40. The number of aromatic nitrogens is 2. The number of nitrogens with one attached hydrogen (secondary N) is 1. The van der Waals surface area contributed by atoms with Crippen molar-refractivity contribution in [2.45, 2.75) is 19.9 Å². The first kappa shape index (κ1) is 13.6. The van der Waals surface area contributed by atoms with Crippen LogP contribution in [0.4, 0.5) is 0 Å². The first-order chi connectivity index (χ1) is 9.58. The lowest BCUT2D eigenvalue weighted by Crippen LogP contribution is -2.62. The molecule has 3 heterocycles. The minimum atomic E-state index is 0.138. The summed E-state index contributed by atoms with van der Waals surface area (Å²) in [6, 6.07) is 0.675. The lowest BCUT2D eigenvalue weighted by molar-refractivity contribution is 0.0501. The standard InChI is InChI=1S/C14H23N5O/c1-10-13(11(2)17(3)16-10)14(20)19-6-4-18(5-7-19)12-8-15-9-12/h12,15H,4-9H2,1-3H3. The molecule has 1 aromatic rings. The molecule has 0 saturated carbocycles. The fourth-order valence-electron chi connectivity index (χ4n) is 3.06. The number of piperazine rings is 1. The smallest absolute Gasteiger partial charge is 0.257 e. The van der Waals surface area contributed by atoms with Crippen LogP contribution in [0.15, 0.2) is 0 Å². The highest BCUT2D eigenvalue weighted by Gasteiger charge is 2.30. The second kappa shape index (κ2) is 5.18. The molecule has 1 N–H and O–H groups in total. The van der Waals surface area contributed by atoms with Gasteiger partial charge in [0, 0.05) is 58.1 Å². The van der Waals surface area contributed by atoms with Crippen LogP contribution >= 0.6 is 0 Å². The van der Waals surface area contributed by atoms with Gasteiger partial charge in [0.15, 0.2) is 0 Å². The lowest BCUT2D eigenvalue weighted by Gasteiger charge is -2.43. The lowest BCUT2D eigenvalue weighted by atomic mass is 10.1. The Morgan fingerprint density at radius 1 is 1.20 bits per heavy atom. The van der Waals surface area contributed by atoms with Crippen LogP contribution in [-0.2, 0) is 7.05 Å². The highest BCUT2D eigenvalue weighted by Crippen LogP contribution is 2.17. The zero-order chi connectivity index (χ0) is 14.3. The third kappa shape index (κ3) is 2.23. The van der Waals surface area contributed by atoms with Crippen molar-refractivity contribution in [1.29, 1.82) is 0 Å². The minimum absolute atomic E-state index is 0.138. The summed E-state index contributed by atoms with van der Waals surface area (Å²) in [5, 5.41) is 7.65. The van der Waals surface area contributed by atoms with E-state index >= 15 is 0 Å². The molecule has 0 bridgehead atoms. The van der Waals surface area contributed by atoms with E-state index in [9.17, 15) is 4.79 Å². The highest BCUT2D eigenvalue weighted by molar-refractivity contribution is 5.96. The number of rotatable bonds is 2. The second-order valence-corrected chi connectivity index (χ2v) is 5.81. The molecule has 2 aliphatic heterocycles. The number of carbonyl (C=O) groups is 1. The van der Waals surface area contributed by atoms with E-state index in [0.29, 0.717) is 6.04 Å². The Balaban J connectivity index is 1.66. The van der Waals surface area contributed by atoms with Crippen LogP contribution in [-0.4, -0.2) is 70.8 Å². The summed E-state index contributed by atoms with van der Waals surface area (Å²) in [5.74, 6) is 0.138. The molecule has 0 unspecified atom stereocenters. The third-order valence-electron chi connectivity index (χ3n) is 4.60. The Labute approximate surface area is 119 Å². The molecule has 0 atom stereocenters. The highest BCUT2D eigenvalue weighted by atomic mass is 16.2. The fourth-order valence-corrected chi connectivity index (χ4v) is 3.06. The van der Waals surface area contributed by atoms with Crippen LogP contribution < -0.4 is 5.32 Å². The molecule has 0 aliphatic carbocycles. The van der Waals surface area contributed by atoms with Gasteiger partial charge in [0.05, 0.1) is 11.3 Å². The van der Waals surface area contributed by atoms with Crippen LogP contribution in [0.1, 0.15) is 21.7 Å². The summed E-state index contributed by atoms with van der Waals surface area (Å²) in [6.07, 6.45) is 0. The number of aryl methyl sites for hydroxylation is 2. The molecule has 0 aromatic carbocycles. The van der Waals surface area contributed by atoms with Gasteiger partial charge in [-0.3, -0.25) is 14.4 Å². The normalized spacial score (nSPS) is 21.1. The van der Waals surface area contributed by atoms with E-state index in [2.05, 4.69) is 15.3 Å². The fraction of sp³-hybridized carbons (Fsp3) is 0.714. The number of carbonyl (C=O) groups excluding carboxylic acids is 1. The summed E-state index contributed by atoms with van der Waals surface area (Å²) in [5.41, 5.74) is 2.57. The van der Waals surface area contributed by atoms with Crippen molar-refractivity contribution < 1.29 is 4.79 Å². The van der Waals surface area contributed by atoms with Gasteiger partial charge in [-0.2, -0.15) is 5.10 Å². The molecule has 0 spiro atoms. The van der Waals surface area contributed by atoms with E-state index in [0.717, 1.165) is 56.2 Å². The first-order valence-electron chi connectivity index (χ1n) is 7.32. The SMILES string of the molecule is Cc1nn(C)c(C)c1C(=O)N1CCN(C2CNC2)CC1. The maximum Gasteiger partial charge on any atom is 0.257 e. The summed E-state index contributed by atoms with van der Waals surface area (Å²) in [4.78, 5) is 17.1. The largest absolute Gasteiger partial charge is 0.336 e. The Bertz CT molecular complexity index is 512. The number of amides is 1. The van der Waals surface area contributed by atoms with Crippen LogP contribution in [0.3, 0.4) is 0 Å². The van der Waals surface area contributed by atoms with Crippen molar-refractivity contribution in [3.63, 3.8) is 0 Å². The predicted molar refractivity (Wildman–Crippen MR) is 76.8 cm³/mol. The van der Waals surface area contributed by atoms with Gasteiger partial charge >= 0.3 is 0 Å². The maximum absolute atomic E-state index is 12.7. The van der Waals surface area contributed by atoms with E-state index in [1.54, 1.807) is 4.68 Å². The Morgan fingerprint density at radius 3 is 2.30 bits per heavy atom. The van der Waals surface area contributed by atoms with Gasteiger partial charge in [0.1, 0.15) is 0 Å². The minimum Gasteiger partial charge on any atom is -0.336 e. The molecular weight excluding hydrogens is 254 g/mol. The maximum atomic E-state index is 12.7. The van der Waals surface area contributed by atoms with Gasteiger partial charge in [0.2, 0.25) is 0 Å². The van der Waals surface area contributed by atoms with Gasteiger partial charge < -0.3 is 10.2 Å². The number of hydrogen-bond donors (Lipinski definition) is 1. The van der Waals surface area contributed by atoms with E-state index in [1.165, 1.54) is 0 Å². The molecule has 20 heavy (non-hydrogen) atoms. The first-order valence-corrected chi connectivity index (χ1v) is 7.32. The zero-order valence-corrected chi connectivity index (χ0v) is 12.5. The van der Waals surface area contributed by atoms with Gasteiger partial charge in [-0.1, -0.05) is 0 Å². The summed E-state index contributed by atoms with van der Waals surface area (Å²) >= 11 is 0. The van der Waals surface area contributed by atoms with Gasteiger partial charge in [0.25, 0.3) is 5.91 Å². The molecule has 0 radical (unpaired) electrons. The van der Waals surface area contributed by atoms with Gasteiger partial charge in [-0.05, 0) is 13.8 Å². The topological polar surface area (TPSA) is 53.4 Å². The van der Waals surface area contributed by atoms with E-state index < -0.39 is 0 Å². The van der Waals surface area contributed by atoms with Crippen molar-refractivity contribution in [3.05, 3.63) is 17.0 Å². The van der Waals surface area contributed by atoms with Crippen molar-refractivity contribution in [3.8, 4) is 0 Å². The molecule has 1 amide bonds.